The summed E-state index contributed by atoms with van der Waals surface area (Å²) in [6, 6.07) is 2.68. The molecule has 2 heterocycles. The van der Waals surface area contributed by atoms with Gasteiger partial charge in [0.15, 0.2) is 0 Å². The molecule has 0 radical (unpaired) electrons. The van der Waals surface area contributed by atoms with Gasteiger partial charge in [0.1, 0.15) is 5.82 Å². The van der Waals surface area contributed by atoms with E-state index in [2.05, 4.69) is 28.6 Å². The number of rotatable bonds is 3. The molecular formula is C14H24N4. The number of nitrogens with zero attached hydrogens (tertiary/aromatic N) is 3. The Kier molecular flexibility index (Phi) is 4.07. The standard InChI is InChI=1S/C14H24N4/c1-4-12(3)17-5-7-18(8-6-17)14-9-13(15)11(2)10-16-14/h9-10,12H,4-8H2,1-3H3,(H2,15,16). The lowest BCUT2D eigenvalue weighted by Gasteiger charge is -2.38. The fourth-order valence-corrected chi connectivity index (χ4v) is 2.35. The van der Waals surface area contributed by atoms with Crippen molar-refractivity contribution < 1.29 is 0 Å². The van der Waals surface area contributed by atoms with Crippen LogP contribution in [-0.4, -0.2) is 42.1 Å². The molecular weight excluding hydrogens is 224 g/mol. The Hall–Kier alpha value is -1.29. The summed E-state index contributed by atoms with van der Waals surface area (Å²) >= 11 is 0. The quantitative estimate of drug-likeness (QED) is 0.887. The fourth-order valence-electron chi connectivity index (χ4n) is 2.35. The molecule has 1 aromatic rings. The summed E-state index contributed by atoms with van der Waals surface area (Å²) in [5.41, 5.74) is 7.84. The summed E-state index contributed by atoms with van der Waals surface area (Å²) in [5, 5.41) is 0. The highest BCUT2D eigenvalue weighted by Gasteiger charge is 2.20. The van der Waals surface area contributed by atoms with Crippen LogP contribution in [0.4, 0.5) is 11.5 Å². The van der Waals surface area contributed by atoms with E-state index in [9.17, 15) is 0 Å². The topological polar surface area (TPSA) is 45.4 Å². The molecule has 1 aliphatic rings. The van der Waals surface area contributed by atoms with Gasteiger partial charge in [0.25, 0.3) is 0 Å². The Bertz CT molecular complexity index is 397. The summed E-state index contributed by atoms with van der Waals surface area (Å²) in [7, 11) is 0. The molecule has 2 rings (SSSR count). The summed E-state index contributed by atoms with van der Waals surface area (Å²) in [5.74, 6) is 1.02. The molecule has 1 aliphatic heterocycles. The second-order valence-corrected chi connectivity index (χ2v) is 5.18. The van der Waals surface area contributed by atoms with Crippen LogP contribution in [0.3, 0.4) is 0 Å². The molecule has 2 N–H and O–H groups in total. The van der Waals surface area contributed by atoms with Crippen molar-refractivity contribution in [3.05, 3.63) is 17.8 Å². The van der Waals surface area contributed by atoms with Crippen molar-refractivity contribution >= 4 is 11.5 Å². The van der Waals surface area contributed by atoms with Crippen molar-refractivity contribution in [1.82, 2.24) is 9.88 Å². The highest BCUT2D eigenvalue weighted by Crippen LogP contribution is 2.19. The minimum Gasteiger partial charge on any atom is -0.398 e. The number of nitrogen functional groups attached to an aromatic ring is 1. The molecule has 1 aromatic heterocycles. The summed E-state index contributed by atoms with van der Waals surface area (Å²) in [6.07, 6.45) is 3.08. The molecule has 0 aromatic carbocycles. The Labute approximate surface area is 110 Å². The molecule has 18 heavy (non-hydrogen) atoms. The van der Waals surface area contributed by atoms with E-state index in [4.69, 9.17) is 5.73 Å². The van der Waals surface area contributed by atoms with E-state index in [1.807, 2.05) is 19.2 Å². The molecule has 4 heteroatoms. The molecule has 100 valence electrons. The van der Waals surface area contributed by atoms with Gasteiger partial charge in [-0.3, -0.25) is 4.90 Å². The Morgan fingerprint density at radius 3 is 2.56 bits per heavy atom. The molecule has 0 aliphatic carbocycles. The first-order valence-electron chi connectivity index (χ1n) is 6.83. The first-order chi connectivity index (χ1) is 8.61. The van der Waals surface area contributed by atoms with Gasteiger partial charge >= 0.3 is 0 Å². The number of hydrogen-bond donors (Lipinski definition) is 1. The zero-order valence-electron chi connectivity index (χ0n) is 11.7. The van der Waals surface area contributed by atoms with Crippen molar-refractivity contribution in [1.29, 1.82) is 0 Å². The van der Waals surface area contributed by atoms with Crippen LogP contribution in [0.2, 0.25) is 0 Å². The van der Waals surface area contributed by atoms with Crippen LogP contribution in [0.15, 0.2) is 12.3 Å². The van der Waals surface area contributed by atoms with E-state index >= 15 is 0 Å². The smallest absolute Gasteiger partial charge is 0.130 e. The fraction of sp³-hybridized carbons (Fsp3) is 0.643. The number of piperazine rings is 1. The highest BCUT2D eigenvalue weighted by molar-refractivity contribution is 5.54. The van der Waals surface area contributed by atoms with Crippen LogP contribution in [0.25, 0.3) is 0 Å². The van der Waals surface area contributed by atoms with Gasteiger partial charge in [-0.2, -0.15) is 0 Å². The zero-order valence-corrected chi connectivity index (χ0v) is 11.7. The van der Waals surface area contributed by atoms with Crippen molar-refractivity contribution in [3.8, 4) is 0 Å². The van der Waals surface area contributed by atoms with Crippen molar-refractivity contribution in [2.24, 2.45) is 0 Å². The number of nitrogens with two attached hydrogens (primary N) is 1. The largest absolute Gasteiger partial charge is 0.398 e. The van der Waals surface area contributed by atoms with Crippen molar-refractivity contribution in [2.45, 2.75) is 33.2 Å². The maximum atomic E-state index is 5.95. The van der Waals surface area contributed by atoms with Gasteiger partial charge in [-0.1, -0.05) is 6.92 Å². The van der Waals surface area contributed by atoms with Gasteiger partial charge in [-0.15, -0.1) is 0 Å². The second-order valence-electron chi connectivity index (χ2n) is 5.18. The lowest BCUT2D eigenvalue weighted by atomic mass is 10.2. The lowest BCUT2D eigenvalue weighted by molar-refractivity contribution is 0.192. The molecule has 1 atom stereocenters. The minimum atomic E-state index is 0.684. The third-order valence-electron chi connectivity index (χ3n) is 3.98. The Balaban J connectivity index is 1.99. The molecule has 1 unspecified atom stereocenters. The van der Waals surface area contributed by atoms with Gasteiger partial charge < -0.3 is 10.6 Å². The average molecular weight is 248 g/mol. The maximum Gasteiger partial charge on any atom is 0.130 e. The summed E-state index contributed by atoms with van der Waals surface area (Å²) in [4.78, 5) is 9.36. The predicted octanol–water partition coefficient (Wildman–Crippen LogP) is 1.89. The SMILES string of the molecule is CCC(C)N1CCN(c2cc(N)c(C)cn2)CC1. The van der Waals surface area contributed by atoms with E-state index in [-0.39, 0.29) is 0 Å². The van der Waals surface area contributed by atoms with E-state index in [0.29, 0.717) is 6.04 Å². The highest BCUT2D eigenvalue weighted by atomic mass is 15.3. The normalized spacial score (nSPS) is 18.9. The van der Waals surface area contributed by atoms with Gasteiger partial charge in [0.2, 0.25) is 0 Å². The molecule has 0 amide bonds. The number of hydrogen-bond acceptors (Lipinski definition) is 4. The van der Waals surface area contributed by atoms with Crippen molar-refractivity contribution in [3.63, 3.8) is 0 Å². The third kappa shape index (κ3) is 2.75. The van der Waals surface area contributed by atoms with Crippen LogP contribution in [0.1, 0.15) is 25.8 Å². The first kappa shape index (κ1) is 13.1. The van der Waals surface area contributed by atoms with Crippen molar-refractivity contribution in [2.75, 3.05) is 36.8 Å². The summed E-state index contributed by atoms with van der Waals surface area (Å²) in [6.45, 7) is 10.9. The minimum absolute atomic E-state index is 0.684. The van der Waals surface area contributed by atoms with Gasteiger partial charge in [0, 0.05) is 50.2 Å². The van der Waals surface area contributed by atoms with E-state index in [1.54, 1.807) is 0 Å². The van der Waals surface area contributed by atoms with Crippen LogP contribution in [-0.2, 0) is 0 Å². The van der Waals surface area contributed by atoms with Gasteiger partial charge in [-0.25, -0.2) is 4.98 Å². The first-order valence-corrected chi connectivity index (χ1v) is 6.83. The van der Waals surface area contributed by atoms with E-state index in [0.717, 1.165) is 43.2 Å². The molecule has 1 fully saturated rings. The monoisotopic (exact) mass is 248 g/mol. The van der Waals surface area contributed by atoms with Crippen LogP contribution < -0.4 is 10.6 Å². The molecule has 1 saturated heterocycles. The number of anilines is 2. The Morgan fingerprint density at radius 2 is 2.00 bits per heavy atom. The molecule has 0 spiro atoms. The Morgan fingerprint density at radius 1 is 1.33 bits per heavy atom. The van der Waals surface area contributed by atoms with Crippen LogP contribution in [0.5, 0.6) is 0 Å². The van der Waals surface area contributed by atoms with E-state index < -0.39 is 0 Å². The zero-order chi connectivity index (χ0) is 13.1. The lowest BCUT2D eigenvalue weighted by Crippen LogP contribution is -2.49. The van der Waals surface area contributed by atoms with E-state index in [1.165, 1.54) is 6.42 Å². The molecule has 4 nitrogen and oxygen atoms in total. The molecule has 0 bridgehead atoms. The number of pyridine rings is 1. The average Bonchev–Trinajstić information content (AvgIpc) is 2.41. The maximum absolute atomic E-state index is 5.95. The van der Waals surface area contributed by atoms with Crippen LogP contribution in [0, 0.1) is 6.92 Å². The summed E-state index contributed by atoms with van der Waals surface area (Å²) < 4.78 is 0. The molecule has 0 saturated carbocycles. The van der Waals surface area contributed by atoms with Crippen LogP contribution >= 0.6 is 0 Å². The third-order valence-corrected chi connectivity index (χ3v) is 3.98. The van der Waals surface area contributed by atoms with Gasteiger partial charge in [0.05, 0.1) is 0 Å². The predicted molar refractivity (Wildman–Crippen MR) is 76.9 cm³/mol. The van der Waals surface area contributed by atoms with Gasteiger partial charge in [-0.05, 0) is 25.8 Å². The number of aryl methyl sites for hydroxylation is 1. The second kappa shape index (κ2) is 5.57. The number of aromatic nitrogens is 1.